The summed E-state index contributed by atoms with van der Waals surface area (Å²) in [4.78, 5) is 14.6. The first-order chi connectivity index (χ1) is 8.19. The minimum absolute atomic E-state index is 0.0642. The number of nitrogens with two attached hydrogens (primary N) is 2. The fraction of sp³-hybridized carbons (Fsp3) is 0.100. The molecule has 2 aromatic heterocycles. The van der Waals surface area contributed by atoms with Crippen molar-refractivity contribution in [3.63, 3.8) is 0 Å². The third kappa shape index (κ3) is 2.58. The fourth-order valence-corrected chi connectivity index (χ4v) is 1.41. The molecule has 0 saturated heterocycles. The van der Waals surface area contributed by atoms with Gasteiger partial charge in [-0.1, -0.05) is 0 Å². The van der Waals surface area contributed by atoms with Gasteiger partial charge in [0.15, 0.2) is 11.9 Å². The van der Waals surface area contributed by atoms with Gasteiger partial charge >= 0.3 is 0 Å². The van der Waals surface area contributed by atoms with Crippen molar-refractivity contribution in [1.82, 2.24) is 19.6 Å². The molecule has 88 valence electrons. The number of nitrogens with zero attached hydrogens (tertiary/aromatic N) is 4. The molecule has 0 aliphatic carbocycles. The Hall–Kier alpha value is -2.41. The van der Waals surface area contributed by atoms with E-state index in [2.05, 4.69) is 10.1 Å². The van der Waals surface area contributed by atoms with Crippen molar-refractivity contribution < 1.29 is 4.79 Å². The highest BCUT2D eigenvalue weighted by molar-refractivity contribution is 5.71. The number of hydrogen-bond acceptors (Lipinski definition) is 6. The first-order valence-electron chi connectivity index (χ1n) is 4.92. The summed E-state index contributed by atoms with van der Waals surface area (Å²) in [5.74, 6) is 5.65. The molecule has 0 unspecified atom stereocenters. The van der Waals surface area contributed by atoms with Crippen LogP contribution in [0.5, 0.6) is 0 Å². The summed E-state index contributed by atoms with van der Waals surface area (Å²) in [5, 5.41) is 5.38. The quantitative estimate of drug-likeness (QED) is 0.316. The van der Waals surface area contributed by atoms with Gasteiger partial charge in [-0.2, -0.15) is 5.10 Å². The van der Waals surface area contributed by atoms with E-state index in [0.717, 1.165) is 11.3 Å². The van der Waals surface area contributed by atoms with Gasteiger partial charge in [0.1, 0.15) is 0 Å². The average Bonchev–Trinajstić information content (AvgIpc) is 2.70. The normalized spacial score (nSPS) is 11.7. The maximum absolute atomic E-state index is 10.3. The molecule has 4 N–H and O–H groups in total. The molecular weight excluding hydrogens is 220 g/mol. The van der Waals surface area contributed by atoms with E-state index in [-0.39, 0.29) is 5.70 Å². The lowest BCUT2D eigenvalue weighted by atomic mass is 10.4. The maximum atomic E-state index is 10.3. The van der Waals surface area contributed by atoms with Gasteiger partial charge in [-0.25, -0.2) is 15.3 Å². The second kappa shape index (κ2) is 4.62. The van der Waals surface area contributed by atoms with Crippen LogP contribution in [0.2, 0.25) is 0 Å². The Morgan fingerprint density at radius 2 is 2.41 bits per heavy atom. The molecule has 0 spiro atoms. The number of rotatable bonds is 4. The molecule has 0 aliphatic heterocycles. The smallest absolute Gasteiger partial charge is 0.167 e. The number of carbonyl (C=O) groups excluding carboxylic acids is 1. The Morgan fingerprint density at radius 3 is 3.12 bits per heavy atom. The second-order valence-corrected chi connectivity index (χ2v) is 3.48. The largest absolute Gasteiger partial charge is 0.395 e. The lowest BCUT2D eigenvalue weighted by Crippen LogP contribution is -2.26. The number of aromatic nitrogens is 3. The average molecular weight is 232 g/mol. The Balaban J connectivity index is 2.16. The SMILES string of the molecule is N/C(C=O)=C\N(N)Cc1cn2ncccc2n1. The molecule has 0 fully saturated rings. The van der Waals surface area contributed by atoms with Gasteiger partial charge in [-0.15, -0.1) is 0 Å². The van der Waals surface area contributed by atoms with Gasteiger partial charge in [0.2, 0.25) is 0 Å². The van der Waals surface area contributed by atoms with Crippen LogP contribution in [0.15, 0.2) is 36.4 Å². The number of aldehydes is 1. The molecule has 0 aliphatic rings. The molecule has 0 amide bonds. The van der Waals surface area contributed by atoms with Crippen LogP contribution in [0.3, 0.4) is 0 Å². The van der Waals surface area contributed by atoms with Gasteiger partial charge in [-0.05, 0) is 12.1 Å². The van der Waals surface area contributed by atoms with E-state index in [0.29, 0.717) is 12.8 Å². The highest BCUT2D eigenvalue weighted by Crippen LogP contribution is 2.04. The minimum atomic E-state index is 0.0642. The molecule has 7 nitrogen and oxygen atoms in total. The van der Waals surface area contributed by atoms with E-state index in [9.17, 15) is 4.79 Å². The highest BCUT2D eigenvalue weighted by Gasteiger charge is 2.04. The molecule has 0 atom stereocenters. The predicted octanol–water partition coefficient (Wildman–Crippen LogP) is -0.596. The minimum Gasteiger partial charge on any atom is -0.395 e. The maximum Gasteiger partial charge on any atom is 0.167 e. The number of hydrogen-bond donors (Lipinski definition) is 2. The van der Waals surface area contributed by atoms with Crippen molar-refractivity contribution in [3.05, 3.63) is 42.1 Å². The molecule has 17 heavy (non-hydrogen) atoms. The summed E-state index contributed by atoms with van der Waals surface area (Å²) >= 11 is 0. The zero-order chi connectivity index (χ0) is 12.3. The monoisotopic (exact) mass is 232 g/mol. The third-order valence-electron chi connectivity index (χ3n) is 2.08. The molecule has 0 bridgehead atoms. The Morgan fingerprint density at radius 1 is 1.59 bits per heavy atom. The van der Waals surface area contributed by atoms with Crippen molar-refractivity contribution in [1.29, 1.82) is 0 Å². The van der Waals surface area contributed by atoms with Crippen LogP contribution in [0, 0.1) is 0 Å². The number of allylic oxidation sites excluding steroid dienone is 1. The van der Waals surface area contributed by atoms with Crippen LogP contribution in [-0.4, -0.2) is 25.9 Å². The first kappa shape index (κ1) is 11.1. The van der Waals surface area contributed by atoms with Crippen LogP contribution in [0.25, 0.3) is 5.65 Å². The van der Waals surface area contributed by atoms with Crippen LogP contribution in [0.4, 0.5) is 0 Å². The molecule has 0 saturated carbocycles. The first-order valence-corrected chi connectivity index (χ1v) is 4.92. The topological polar surface area (TPSA) is 103 Å². The van der Waals surface area contributed by atoms with E-state index in [1.165, 1.54) is 11.2 Å². The van der Waals surface area contributed by atoms with Crippen molar-refractivity contribution in [2.45, 2.75) is 6.54 Å². The van der Waals surface area contributed by atoms with Crippen LogP contribution < -0.4 is 11.6 Å². The summed E-state index contributed by atoms with van der Waals surface area (Å²) in [6.45, 7) is 0.345. The molecule has 0 radical (unpaired) electrons. The van der Waals surface area contributed by atoms with Crippen molar-refractivity contribution in [2.24, 2.45) is 11.6 Å². The van der Waals surface area contributed by atoms with E-state index >= 15 is 0 Å². The van der Waals surface area contributed by atoms with E-state index in [4.69, 9.17) is 11.6 Å². The summed E-state index contributed by atoms with van der Waals surface area (Å²) in [6.07, 6.45) is 5.32. The number of fused-ring (bicyclic) bond motifs is 1. The van der Waals surface area contributed by atoms with Gasteiger partial charge in [0.25, 0.3) is 0 Å². The van der Waals surface area contributed by atoms with Crippen molar-refractivity contribution >= 4 is 11.9 Å². The number of hydrazine groups is 1. The van der Waals surface area contributed by atoms with E-state index < -0.39 is 0 Å². The van der Waals surface area contributed by atoms with Crippen LogP contribution in [-0.2, 0) is 11.3 Å². The molecular formula is C10H12N6O. The van der Waals surface area contributed by atoms with Crippen molar-refractivity contribution in [2.75, 3.05) is 0 Å². The van der Waals surface area contributed by atoms with E-state index in [1.54, 1.807) is 23.0 Å². The Kier molecular flexibility index (Phi) is 3.01. The predicted molar refractivity (Wildman–Crippen MR) is 61.1 cm³/mol. The van der Waals surface area contributed by atoms with Gasteiger partial charge in [0.05, 0.1) is 24.1 Å². The zero-order valence-electron chi connectivity index (χ0n) is 9.02. The third-order valence-corrected chi connectivity index (χ3v) is 2.08. The summed E-state index contributed by atoms with van der Waals surface area (Å²) < 4.78 is 1.65. The number of carbonyl (C=O) groups is 1. The van der Waals surface area contributed by atoms with Crippen LogP contribution >= 0.6 is 0 Å². The summed E-state index contributed by atoms with van der Waals surface area (Å²) in [7, 11) is 0. The molecule has 2 heterocycles. The molecule has 0 aromatic carbocycles. The second-order valence-electron chi connectivity index (χ2n) is 3.48. The summed E-state index contributed by atoms with van der Waals surface area (Å²) in [5.41, 5.74) is 6.88. The highest BCUT2D eigenvalue weighted by atomic mass is 16.1. The van der Waals surface area contributed by atoms with Crippen molar-refractivity contribution in [3.8, 4) is 0 Å². The zero-order valence-corrected chi connectivity index (χ0v) is 9.02. The Labute approximate surface area is 97.3 Å². The van der Waals surface area contributed by atoms with Crippen LogP contribution in [0.1, 0.15) is 5.69 Å². The number of imidazole rings is 1. The lowest BCUT2D eigenvalue weighted by molar-refractivity contribution is -0.105. The summed E-state index contributed by atoms with van der Waals surface area (Å²) in [6, 6.07) is 3.64. The lowest BCUT2D eigenvalue weighted by Gasteiger charge is -2.11. The van der Waals surface area contributed by atoms with Gasteiger partial charge < -0.3 is 10.7 Å². The molecule has 7 heteroatoms. The molecule has 2 aromatic rings. The van der Waals surface area contributed by atoms with Gasteiger partial charge in [0, 0.05) is 12.4 Å². The van der Waals surface area contributed by atoms with Gasteiger partial charge in [-0.3, -0.25) is 4.79 Å². The standard InChI is InChI=1S/C10H12N6O/c11-8(7-17)4-15(12)5-9-6-16-10(14-9)2-1-3-13-16/h1-4,6-7H,5,11-12H2/b8-4-. The molecule has 2 rings (SSSR count). The van der Waals surface area contributed by atoms with E-state index in [1.807, 2.05) is 6.07 Å². The fourth-order valence-electron chi connectivity index (χ4n) is 1.41. The Bertz CT molecular complexity index is 528.